The maximum Gasteiger partial charge on any atom is 0.305 e. The van der Waals surface area contributed by atoms with E-state index in [1.807, 2.05) is 6.92 Å². The number of carbonyl (C=O) groups excluding carboxylic acids is 2. The molecule has 0 saturated heterocycles. The van der Waals surface area contributed by atoms with Gasteiger partial charge in [0, 0.05) is 19.3 Å². The second-order valence-corrected chi connectivity index (χ2v) is 10.9. The summed E-state index contributed by atoms with van der Waals surface area (Å²) in [5, 5.41) is 23.2. The van der Waals surface area contributed by atoms with E-state index >= 15 is 0 Å². The Morgan fingerprint density at radius 1 is 0.500 bits per heavy atom. The summed E-state index contributed by atoms with van der Waals surface area (Å²) >= 11 is 0. The Morgan fingerprint density at radius 3 is 1.29 bits per heavy atom. The Morgan fingerprint density at radius 2 is 0.905 bits per heavy atom. The normalized spacial score (nSPS) is 10.3. The first-order valence-corrected chi connectivity index (χ1v) is 17.1. The van der Waals surface area contributed by atoms with E-state index in [-0.39, 0.29) is 38.2 Å². The monoisotopic (exact) mass is 604 g/mol. The molecule has 8 nitrogen and oxygen atoms in total. The van der Waals surface area contributed by atoms with Gasteiger partial charge in [-0.25, -0.2) is 0 Å². The van der Waals surface area contributed by atoms with Crippen molar-refractivity contribution in [2.75, 3.05) is 33.0 Å². The van der Waals surface area contributed by atoms with Crippen molar-refractivity contribution in [3.8, 4) is 0 Å². The molecular formula is C34H68O8. The highest BCUT2D eigenvalue weighted by atomic mass is 16.6. The van der Waals surface area contributed by atoms with Gasteiger partial charge in [0.05, 0.1) is 19.8 Å². The fraction of sp³-hybridized carbons (Fsp3) is 0.912. The molecule has 0 aliphatic carbocycles. The standard InChI is InChI=1S/C28H54O4.C4H8O2.C2H6O2/c1-3-5-7-8-9-10-11-12-13-14-15-16-17-18-19-21-22-27(29)26-31-24-25-32-28(30)23-20-6-4-2;1-2-3-4(5)6;3-1-2-4/h3-26H2,1-2H3;2-3H2,1H3,(H,5,6);3-4H,1-2H2. The van der Waals surface area contributed by atoms with E-state index in [0.29, 0.717) is 25.9 Å². The third-order valence-electron chi connectivity index (χ3n) is 6.61. The summed E-state index contributed by atoms with van der Waals surface area (Å²) in [6.07, 6.45) is 26.6. The molecule has 8 heteroatoms. The molecule has 0 aromatic rings. The van der Waals surface area contributed by atoms with Crippen LogP contribution in [0.2, 0.25) is 0 Å². The second-order valence-electron chi connectivity index (χ2n) is 10.9. The number of ether oxygens (including phenoxy) is 2. The van der Waals surface area contributed by atoms with Crippen molar-refractivity contribution in [1.29, 1.82) is 0 Å². The number of aliphatic hydroxyl groups is 2. The van der Waals surface area contributed by atoms with Crippen LogP contribution in [0, 0.1) is 0 Å². The van der Waals surface area contributed by atoms with Gasteiger partial charge in [-0.3, -0.25) is 14.4 Å². The number of rotatable bonds is 29. The van der Waals surface area contributed by atoms with E-state index < -0.39 is 5.97 Å². The number of aliphatic hydroxyl groups excluding tert-OH is 2. The first-order valence-electron chi connectivity index (χ1n) is 17.1. The number of hydrogen-bond acceptors (Lipinski definition) is 7. The summed E-state index contributed by atoms with van der Waals surface area (Å²) in [5.41, 5.74) is 0. The molecule has 0 fully saturated rings. The summed E-state index contributed by atoms with van der Waals surface area (Å²) in [6.45, 7) is 6.68. The van der Waals surface area contributed by atoms with Crippen molar-refractivity contribution >= 4 is 17.7 Å². The molecule has 0 radical (unpaired) electrons. The third kappa shape index (κ3) is 48.2. The molecule has 0 bridgehead atoms. The smallest absolute Gasteiger partial charge is 0.305 e. The van der Waals surface area contributed by atoms with E-state index in [0.717, 1.165) is 38.5 Å². The number of hydrogen-bond donors (Lipinski definition) is 3. The number of carbonyl (C=O) groups is 3. The van der Waals surface area contributed by atoms with Gasteiger partial charge in [-0.15, -0.1) is 0 Å². The topological polar surface area (TPSA) is 130 Å². The van der Waals surface area contributed by atoms with Crippen LogP contribution >= 0.6 is 0 Å². The number of aliphatic carboxylic acids is 1. The maximum atomic E-state index is 11.8. The average Bonchev–Trinajstić information content (AvgIpc) is 2.97. The van der Waals surface area contributed by atoms with Crippen LogP contribution in [0.15, 0.2) is 0 Å². The Kier molecular flexibility index (Phi) is 44.5. The molecule has 0 atom stereocenters. The van der Waals surface area contributed by atoms with E-state index in [9.17, 15) is 14.4 Å². The molecule has 0 saturated carbocycles. The van der Waals surface area contributed by atoms with Crippen LogP contribution in [-0.2, 0) is 23.9 Å². The SMILES string of the molecule is CCCC(=O)O.CCCCCCCCCCCCCCCCCCC(=O)COCCOC(=O)CCCCC.OCCO. The molecule has 42 heavy (non-hydrogen) atoms. The number of carboxylic acid groups (broad SMARTS) is 1. The number of carboxylic acids is 1. The lowest BCUT2D eigenvalue weighted by Crippen LogP contribution is -2.14. The molecule has 0 aromatic carbocycles. The van der Waals surface area contributed by atoms with Gasteiger partial charge >= 0.3 is 11.9 Å². The van der Waals surface area contributed by atoms with Gasteiger partial charge in [0.15, 0.2) is 5.78 Å². The van der Waals surface area contributed by atoms with Crippen LogP contribution in [0.3, 0.4) is 0 Å². The molecule has 0 heterocycles. The zero-order valence-corrected chi connectivity index (χ0v) is 27.7. The molecule has 0 aliphatic heterocycles. The highest BCUT2D eigenvalue weighted by Gasteiger charge is 2.04. The highest BCUT2D eigenvalue weighted by molar-refractivity contribution is 5.79. The first-order chi connectivity index (χ1) is 20.4. The molecule has 0 aliphatic rings. The number of unbranched alkanes of at least 4 members (excludes halogenated alkanes) is 17. The predicted octanol–water partition coefficient (Wildman–Crippen LogP) is 8.19. The summed E-state index contributed by atoms with van der Waals surface area (Å²) in [7, 11) is 0. The van der Waals surface area contributed by atoms with Crippen LogP contribution in [0.4, 0.5) is 0 Å². The minimum atomic E-state index is -0.711. The van der Waals surface area contributed by atoms with Crippen LogP contribution in [0.25, 0.3) is 0 Å². The lowest BCUT2D eigenvalue weighted by Gasteiger charge is -2.06. The molecule has 252 valence electrons. The summed E-state index contributed by atoms with van der Waals surface area (Å²) < 4.78 is 10.4. The van der Waals surface area contributed by atoms with Gasteiger partial charge in [-0.05, 0) is 19.3 Å². The number of ketones is 1. The minimum Gasteiger partial charge on any atom is -0.481 e. The van der Waals surface area contributed by atoms with Gasteiger partial charge in [0.25, 0.3) is 0 Å². The van der Waals surface area contributed by atoms with Crippen molar-refractivity contribution in [1.82, 2.24) is 0 Å². The van der Waals surface area contributed by atoms with Crippen molar-refractivity contribution in [3.63, 3.8) is 0 Å². The first kappa shape index (κ1) is 44.9. The van der Waals surface area contributed by atoms with Crippen LogP contribution < -0.4 is 0 Å². The van der Waals surface area contributed by atoms with Crippen LogP contribution in [-0.4, -0.2) is 66.1 Å². The Bertz CT molecular complexity index is 552. The minimum absolute atomic E-state index is 0.125. The zero-order chi connectivity index (χ0) is 31.9. The second kappa shape index (κ2) is 41.6. The largest absolute Gasteiger partial charge is 0.481 e. The maximum absolute atomic E-state index is 11.8. The Hall–Kier alpha value is -1.51. The van der Waals surface area contributed by atoms with Crippen molar-refractivity contribution in [2.24, 2.45) is 0 Å². The van der Waals surface area contributed by atoms with Gasteiger partial charge < -0.3 is 24.8 Å². The van der Waals surface area contributed by atoms with Gasteiger partial charge in [0.1, 0.15) is 13.2 Å². The van der Waals surface area contributed by atoms with E-state index in [4.69, 9.17) is 24.8 Å². The fourth-order valence-electron chi connectivity index (χ4n) is 4.15. The van der Waals surface area contributed by atoms with Crippen LogP contribution in [0.1, 0.15) is 168 Å². The molecule has 3 N–H and O–H groups in total. The van der Waals surface area contributed by atoms with Gasteiger partial charge in [-0.1, -0.05) is 130 Å². The lowest BCUT2D eigenvalue weighted by molar-refractivity contribution is -0.145. The van der Waals surface area contributed by atoms with E-state index in [2.05, 4.69) is 13.8 Å². The van der Waals surface area contributed by atoms with E-state index in [1.165, 1.54) is 89.9 Å². The Labute approximate surface area is 258 Å². The zero-order valence-electron chi connectivity index (χ0n) is 27.7. The molecule has 0 amide bonds. The molecule has 0 rings (SSSR count). The van der Waals surface area contributed by atoms with E-state index in [1.54, 1.807) is 0 Å². The summed E-state index contributed by atoms with van der Waals surface area (Å²) in [4.78, 5) is 32.9. The molecule has 0 aromatic heterocycles. The highest BCUT2D eigenvalue weighted by Crippen LogP contribution is 2.14. The third-order valence-corrected chi connectivity index (χ3v) is 6.61. The van der Waals surface area contributed by atoms with Crippen molar-refractivity contribution in [3.05, 3.63) is 0 Å². The number of esters is 1. The van der Waals surface area contributed by atoms with Crippen molar-refractivity contribution in [2.45, 2.75) is 168 Å². The van der Waals surface area contributed by atoms with Crippen LogP contribution in [0.5, 0.6) is 0 Å². The quantitative estimate of drug-likeness (QED) is 0.0575. The molecule has 0 unspecified atom stereocenters. The Balaban J connectivity index is -0.00000129. The van der Waals surface area contributed by atoms with Gasteiger partial charge in [0.2, 0.25) is 0 Å². The van der Waals surface area contributed by atoms with Crippen molar-refractivity contribution < 1.29 is 39.2 Å². The predicted molar refractivity (Wildman–Crippen MR) is 172 cm³/mol. The summed E-state index contributed by atoms with van der Waals surface area (Å²) in [6, 6.07) is 0. The summed E-state index contributed by atoms with van der Waals surface area (Å²) in [5.74, 6) is -0.719. The average molecular weight is 605 g/mol. The molecular weight excluding hydrogens is 536 g/mol. The lowest BCUT2D eigenvalue weighted by atomic mass is 10.0. The number of Topliss-reactive ketones (excluding diaryl/α,β-unsaturated/α-hetero) is 1. The fourth-order valence-corrected chi connectivity index (χ4v) is 4.15. The van der Waals surface area contributed by atoms with Gasteiger partial charge in [-0.2, -0.15) is 0 Å². The molecule has 0 spiro atoms.